The summed E-state index contributed by atoms with van der Waals surface area (Å²) in [4.78, 5) is 2.59. The van der Waals surface area contributed by atoms with Crippen molar-refractivity contribution in [2.24, 2.45) is 0 Å². The Morgan fingerprint density at radius 3 is 1.72 bits per heavy atom. The standard InChI is InChI=1S/C18H41NO4Si2/c1-7-20-24(11-5,21-8-2)17-13-15-19-16-14-18(19)25(12-6,22-9-3)23-10-4/h18H,7-17H2,1-6H3. The number of nitrogens with zero attached hydrogens (tertiary/aromatic N) is 1. The largest absolute Gasteiger partial charge is 0.394 e. The van der Waals surface area contributed by atoms with Gasteiger partial charge < -0.3 is 17.7 Å². The predicted octanol–water partition coefficient (Wildman–Crippen LogP) is 4.06. The first-order valence-corrected chi connectivity index (χ1v) is 14.7. The highest BCUT2D eigenvalue weighted by atomic mass is 28.4. The second-order valence-corrected chi connectivity index (χ2v) is 13.8. The van der Waals surface area contributed by atoms with Crippen LogP contribution in [0.25, 0.3) is 0 Å². The predicted molar refractivity (Wildman–Crippen MR) is 108 cm³/mol. The summed E-state index contributed by atoms with van der Waals surface area (Å²) in [6, 6.07) is 3.14. The summed E-state index contributed by atoms with van der Waals surface area (Å²) in [5.41, 5.74) is 0.509. The van der Waals surface area contributed by atoms with Crippen LogP contribution in [0.1, 0.15) is 54.4 Å². The zero-order valence-corrected chi connectivity index (χ0v) is 19.4. The molecular formula is C18H41NO4Si2. The molecule has 0 aromatic rings. The fourth-order valence-electron chi connectivity index (χ4n) is 4.01. The Morgan fingerprint density at radius 2 is 1.36 bits per heavy atom. The zero-order chi connectivity index (χ0) is 18.8. The summed E-state index contributed by atoms with van der Waals surface area (Å²) in [6.07, 6.45) is 2.36. The number of rotatable bonds is 15. The average Bonchev–Trinajstić information content (AvgIpc) is 2.58. The number of hydrogen-bond donors (Lipinski definition) is 0. The van der Waals surface area contributed by atoms with E-state index < -0.39 is 17.1 Å². The van der Waals surface area contributed by atoms with Gasteiger partial charge in [-0.1, -0.05) is 13.8 Å². The lowest BCUT2D eigenvalue weighted by atomic mass is 10.2. The molecule has 1 aliphatic rings. The summed E-state index contributed by atoms with van der Waals surface area (Å²) in [5.74, 6) is 0. The van der Waals surface area contributed by atoms with E-state index in [9.17, 15) is 0 Å². The molecule has 0 amide bonds. The minimum Gasteiger partial charge on any atom is -0.394 e. The van der Waals surface area contributed by atoms with E-state index in [1.54, 1.807) is 0 Å². The topological polar surface area (TPSA) is 40.2 Å². The van der Waals surface area contributed by atoms with E-state index in [4.69, 9.17) is 17.7 Å². The third kappa shape index (κ3) is 6.12. The Hall–Kier alpha value is 0.234. The minimum atomic E-state index is -2.11. The van der Waals surface area contributed by atoms with Crippen molar-refractivity contribution in [1.29, 1.82) is 0 Å². The van der Waals surface area contributed by atoms with Crippen LogP contribution in [0.15, 0.2) is 0 Å². The quantitative estimate of drug-likeness (QED) is 0.394. The van der Waals surface area contributed by atoms with E-state index in [0.29, 0.717) is 5.67 Å². The maximum atomic E-state index is 6.23. The molecule has 0 aliphatic carbocycles. The highest BCUT2D eigenvalue weighted by molar-refractivity contribution is 6.69. The first-order valence-electron chi connectivity index (χ1n) is 10.4. The van der Waals surface area contributed by atoms with Gasteiger partial charge in [0.15, 0.2) is 0 Å². The van der Waals surface area contributed by atoms with Crippen LogP contribution in [0.3, 0.4) is 0 Å². The molecule has 0 aromatic heterocycles. The van der Waals surface area contributed by atoms with E-state index in [-0.39, 0.29) is 0 Å². The molecule has 1 heterocycles. The Bertz CT molecular complexity index is 348. The van der Waals surface area contributed by atoms with Crippen molar-refractivity contribution in [3.63, 3.8) is 0 Å². The molecule has 1 fully saturated rings. The van der Waals surface area contributed by atoms with Crippen LogP contribution in [0, 0.1) is 0 Å². The number of hydrogen-bond acceptors (Lipinski definition) is 5. The van der Waals surface area contributed by atoms with E-state index in [1.165, 1.54) is 13.0 Å². The van der Waals surface area contributed by atoms with Crippen LogP contribution in [0.5, 0.6) is 0 Å². The number of likely N-dealkylation sites (tertiary alicyclic amines) is 1. The Balaban J connectivity index is 2.61. The molecule has 0 aromatic carbocycles. The fraction of sp³-hybridized carbons (Fsp3) is 1.00. The monoisotopic (exact) mass is 391 g/mol. The molecule has 1 unspecified atom stereocenters. The molecule has 0 radical (unpaired) electrons. The maximum absolute atomic E-state index is 6.23. The van der Waals surface area contributed by atoms with Crippen LogP contribution in [-0.4, -0.2) is 67.2 Å². The molecule has 1 atom stereocenters. The molecule has 25 heavy (non-hydrogen) atoms. The van der Waals surface area contributed by atoms with Gasteiger partial charge in [-0.05, 0) is 71.8 Å². The third-order valence-electron chi connectivity index (χ3n) is 5.26. The normalized spacial score (nSPS) is 19.2. The third-order valence-corrected chi connectivity index (χ3v) is 13.3. The summed E-state index contributed by atoms with van der Waals surface area (Å²) in [6.45, 7) is 18.1. The van der Waals surface area contributed by atoms with Gasteiger partial charge in [-0.25, -0.2) is 0 Å². The first kappa shape index (κ1) is 23.3. The molecule has 150 valence electrons. The first-order chi connectivity index (χ1) is 12.1. The van der Waals surface area contributed by atoms with E-state index >= 15 is 0 Å². The van der Waals surface area contributed by atoms with Gasteiger partial charge in [0.25, 0.3) is 0 Å². The van der Waals surface area contributed by atoms with Crippen molar-refractivity contribution in [3.05, 3.63) is 0 Å². The molecule has 1 rings (SSSR count). The van der Waals surface area contributed by atoms with Crippen molar-refractivity contribution in [2.45, 2.75) is 78.2 Å². The summed E-state index contributed by atoms with van der Waals surface area (Å²) >= 11 is 0. The SMILES string of the molecule is CCO[Si](CC)(CCCN1CCC1[Si](CC)(OCC)OCC)OCC. The van der Waals surface area contributed by atoms with Crippen LogP contribution in [0.4, 0.5) is 0 Å². The lowest BCUT2D eigenvalue weighted by Crippen LogP contribution is -2.67. The lowest BCUT2D eigenvalue weighted by Gasteiger charge is -2.49. The smallest absolute Gasteiger partial charge is 0.355 e. The van der Waals surface area contributed by atoms with Crippen molar-refractivity contribution >= 4 is 17.1 Å². The van der Waals surface area contributed by atoms with E-state index in [0.717, 1.165) is 57.5 Å². The zero-order valence-electron chi connectivity index (χ0n) is 17.4. The molecular weight excluding hydrogens is 350 g/mol. The van der Waals surface area contributed by atoms with E-state index in [1.807, 2.05) is 0 Å². The van der Waals surface area contributed by atoms with Gasteiger partial charge in [-0.2, -0.15) is 0 Å². The summed E-state index contributed by atoms with van der Waals surface area (Å²) in [5, 5.41) is 0. The van der Waals surface area contributed by atoms with Crippen LogP contribution in [0.2, 0.25) is 18.1 Å². The molecule has 0 bridgehead atoms. The van der Waals surface area contributed by atoms with Crippen LogP contribution in [-0.2, 0) is 17.7 Å². The fourth-order valence-corrected chi connectivity index (χ4v) is 10.6. The van der Waals surface area contributed by atoms with Gasteiger partial charge in [0.1, 0.15) is 0 Å². The maximum Gasteiger partial charge on any atom is 0.355 e. The minimum absolute atomic E-state index is 0.509. The van der Waals surface area contributed by atoms with Crippen molar-refractivity contribution < 1.29 is 17.7 Å². The highest BCUT2D eigenvalue weighted by Gasteiger charge is 2.51. The Labute approximate surface area is 157 Å². The summed E-state index contributed by atoms with van der Waals surface area (Å²) in [7, 11) is -4.12. The van der Waals surface area contributed by atoms with Gasteiger partial charge in [0.05, 0.1) is 5.67 Å². The molecule has 5 nitrogen and oxygen atoms in total. The molecule has 7 heteroatoms. The Kier molecular flexibility index (Phi) is 11.0. The van der Waals surface area contributed by atoms with Crippen LogP contribution >= 0.6 is 0 Å². The van der Waals surface area contributed by atoms with Gasteiger partial charge in [0, 0.05) is 26.4 Å². The van der Waals surface area contributed by atoms with Crippen molar-refractivity contribution in [1.82, 2.24) is 4.90 Å². The van der Waals surface area contributed by atoms with Gasteiger partial charge in [0.2, 0.25) is 0 Å². The van der Waals surface area contributed by atoms with Crippen molar-refractivity contribution in [3.8, 4) is 0 Å². The molecule has 1 aliphatic heterocycles. The van der Waals surface area contributed by atoms with E-state index in [2.05, 4.69) is 46.4 Å². The second-order valence-electron chi connectivity index (χ2n) is 6.61. The molecule has 0 spiro atoms. The van der Waals surface area contributed by atoms with Gasteiger partial charge in [-0.15, -0.1) is 0 Å². The molecule has 0 N–H and O–H groups in total. The lowest BCUT2D eigenvalue weighted by molar-refractivity contribution is 0.0711. The molecule has 1 saturated heterocycles. The average molecular weight is 392 g/mol. The highest BCUT2D eigenvalue weighted by Crippen LogP contribution is 2.32. The van der Waals surface area contributed by atoms with Crippen molar-refractivity contribution in [2.75, 3.05) is 39.5 Å². The van der Waals surface area contributed by atoms with Crippen LogP contribution < -0.4 is 0 Å². The molecule has 0 saturated carbocycles. The summed E-state index contributed by atoms with van der Waals surface area (Å²) < 4.78 is 24.7. The van der Waals surface area contributed by atoms with Gasteiger partial charge >= 0.3 is 17.1 Å². The Morgan fingerprint density at radius 1 is 0.800 bits per heavy atom. The second kappa shape index (κ2) is 11.8. The van der Waals surface area contributed by atoms with Gasteiger partial charge in [-0.3, -0.25) is 4.90 Å².